The van der Waals surface area contributed by atoms with Crippen LogP contribution in [0.25, 0.3) is 0 Å². The van der Waals surface area contributed by atoms with Gasteiger partial charge in [0.2, 0.25) is 0 Å². The summed E-state index contributed by atoms with van der Waals surface area (Å²) >= 11 is 0. The van der Waals surface area contributed by atoms with E-state index < -0.39 is 0 Å². The van der Waals surface area contributed by atoms with Crippen LogP contribution in [0.1, 0.15) is 25.0 Å². The molecule has 1 aromatic carbocycles. The van der Waals surface area contributed by atoms with Gasteiger partial charge in [0, 0.05) is 38.9 Å². The average molecular weight is 218 g/mol. The van der Waals surface area contributed by atoms with E-state index in [1.54, 1.807) is 0 Å². The molecule has 1 aliphatic rings. The van der Waals surface area contributed by atoms with Gasteiger partial charge in [-0.2, -0.15) is 0 Å². The van der Waals surface area contributed by atoms with Gasteiger partial charge in [0.15, 0.2) is 0 Å². The van der Waals surface area contributed by atoms with Gasteiger partial charge in [-0.1, -0.05) is 6.07 Å². The molecule has 1 aliphatic heterocycles. The maximum Gasteiger partial charge on any atom is 0.0364 e. The molecule has 16 heavy (non-hydrogen) atoms. The zero-order chi connectivity index (χ0) is 11.7. The molecule has 0 fully saturated rings. The van der Waals surface area contributed by atoms with Crippen molar-refractivity contribution in [1.29, 1.82) is 0 Å². The summed E-state index contributed by atoms with van der Waals surface area (Å²) in [6.45, 7) is 6.86. The Bertz CT molecular complexity index is 369. The predicted molar refractivity (Wildman–Crippen MR) is 70.0 cm³/mol. The molecule has 1 aromatic rings. The normalized spacial score (nSPS) is 16.3. The number of hydrogen-bond donors (Lipinski definition) is 0. The molecule has 0 amide bonds. The lowest BCUT2D eigenvalue weighted by Crippen LogP contribution is -2.35. The first kappa shape index (κ1) is 11.5. The van der Waals surface area contributed by atoms with Crippen molar-refractivity contribution in [3.63, 3.8) is 0 Å². The van der Waals surface area contributed by atoms with Crippen LogP contribution in [0.2, 0.25) is 0 Å². The maximum atomic E-state index is 2.54. The lowest BCUT2D eigenvalue weighted by Gasteiger charge is -2.32. The topological polar surface area (TPSA) is 6.48 Å². The molecule has 0 bridgehead atoms. The standard InChI is InChI=1S/C14H22N2/c1-11(2)16-8-7-12-5-6-14(15(3)4)9-13(12)10-16/h5-6,9,11H,7-8,10H2,1-4H3. The van der Waals surface area contributed by atoms with E-state index in [1.807, 2.05) is 0 Å². The summed E-state index contributed by atoms with van der Waals surface area (Å²) in [4.78, 5) is 4.72. The summed E-state index contributed by atoms with van der Waals surface area (Å²) < 4.78 is 0. The Morgan fingerprint density at radius 2 is 1.94 bits per heavy atom. The first-order valence-corrected chi connectivity index (χ1v) is 6.11. The number of rotatable bonds is 2. The Balaban J connectivity index is 2.25. The molecular weight excluding hydrogens is 196 g/mol. The minimum atomic E-state index is 0.649. The van der Waals surface area contributed by atoms with Gasteiger partial charge in [-0.05, 0) is 43.5 Å². The highest BCUT2D eigenvalue weighted by Gasteiger charge is 2.18. The van der Waals surface area contributed by atoms with Crippen molar-refractivity contribution in [2.24, 2.45) is 0 Å². The molecular formula is C14H22N2. The summed E-state index contributed by atoms with van der Waals surface area (Å²) in [5, 5.41) is 0. The largest absolute Gasteiger partial charge is 0.378 e. The second-order valence-electron chi connectivity index (χ2n) is 5.16. The molecule has 2 heteroatoms. The van der Waals surface area contributed by atoms with Crippen LogP contribution >= 0.6 is 0 Å². The van der Waals surface area contributed by atoms with Gasteiger partial charge in [-0.3, -0.25) is 4.90 Å². The minimum Gasteiger partial charge on any atom is -0.378 e. The Labute approximate surface area is 98.9 Å². The molecule has 2 nitrogen and oxygen atoms in total. The first-order chi connectivity index (χ1) is 7.58. The highest BCUT2D eigenvalue weighted by molar-refractivity contribution is 5.50. The molecule has 0 unspecified atom stereocenters. The summed E-state index contributed by atoms with van der Waals surface area (Å²) in [7, 11) is 4.20. The van der Waals surface area contributed by atoms with Gasteiger partial charge in [0.1, 0.15) is 0 Å². The van der Waals surface area contributed by atoms with E-state index in [1.165, 1.54) is 29.8 Å². The molecule has 88 valence electrons. The van der Waals surface area contributed by atoms with Crippen LogP contribution in [0.15, 0.2) is 18.2 Å². The van der Waals surface area contributed by atoms with Gasteiger partial charge in [-0.25, -0.2) is 0 Å². The van der Waals surface area contributed by atoms with Crippen LogP contribution in [0.5, 0.6) is 0 Å². The zero-order valence-electron chi connectivity index (χ0n) is 10.8. The smallest absolute Gasteiger partial charge is 0.0364 e. The Morgan fingerprint density at radius 3 is 2.56 bits per heavy atom. The van der Waals surface area contributed by atoms with E-state index in [0.29, 0.717) is 6.04 Å². The van der Waals surface area contributed by atoms with Crippen LogP contribution in [0, 0.1) is 0 Å². The molecule has 0 N–H and O–H groups in total. The zero-order valence-corrected chi connectivity index (χ0v) is 10.8. The minimum absolute atomic E-state index is 0.649. The van der Waals surface area contributed by atoms with Crippen LogP contribution in [-0.4, -0.2) is 31.6 Å². The third-order valence-corrected chi connectivity index (χ3v) is 3.48. The highest BCUT2D eigenvalue weighted by Crippen LogP contribution is 2.24. The van der Waals surface area contributed by atoms with E-state index >= 15 is 0 Å². The van der Waals surface area contributed by atoms with Crippen molar-refractivity contribution in [2.45, 2.75) is 32.9 Å². The van der Waals surface area contributed by atoms with Crippen molar-refractivity contribution in [3.05, 3.63) is 29.3 Å². The van der Waals surface area contributed by atoms with Gasteiger partial charge in [0.05, 0.1) is 0 Å². The van der Waals surface area contributed by atoms with Crippen molar-refractivity contribution in [1.82, 2.24) is 4.90 Å². The molecule has 0 aromatic heterocycles. The van der Waals surface area contributed by atoms with Gasteiger partial charge in [0.25, 0.3) is 0 Å². The Morgan fingerprint density at radius 1 is 1.19 bits per heavy atom. The first-order valence-electron chi connectivity index (χ1n) is 6.11. The third-order valence-electron chi connectivity index (χ3n) is 3.48. The van der Waals surface area contributed by atoms with Gasteiger partial charge < -0.3 is 4.90 Å². The fourth-order valence-electron chi connectivity index (χ4n) is 2.28. The molecule has 0 saturated carbocycles. The van der Waals surface area contributed by atoms with Gasteiger partial charge in [-0.15, -0.1) is 0 Å². The number of anilines is 1. The number of benzene rings is 1. The fraction of sp³-hybridized carbons (Fsp3) is 0.571. The highest BCUT2D eigenvalue weighted by atomic mass is 15.1. The van der Waals surface area contributed by atoms with Crippen LogP contribution in [0.4, 0.5) is 5.69 Å². The van der Waals surface area contributed by atoms with Crippen LogP contribution < -0.4 is 4.90 Å². The second-order valence-corrected chi connectivity index (χ2v) is 5.16. The van der Waals surface area contributed by atoms with Crippen molar-refractivity contribution >= 4 is 5.69 Å². The molecule has 0 spiro atoms. The predicted octanol–water partition coefficient (Wildman–Crippen LogP) is 2.52. The molecule has 0 atom stereocenters. The quantitative estimate of drug-likeness (QED) is 0.752. The maximum absolute atomic E-state index is 2.54. The Hall–Kier alpha value is -1.02. The average Bonchev–Trinajstić information content (AvgIpc) is 2.27. The SMILES string of the molecule is CC(C)N1CCc2ccc(N(C)C)cc2C1. The number of fused-ring (bicyclic) bond motifs is 1. The van der Waals surface area contributed by atoms with E-state index in [0.717, 1.165) is 6.54 Å². The summed E-state index contributed by atoms with van der Waals surface area (Å²) in [6.07, 6.45) is 1.20. The molecule has 0 radical (unpaired) electrons. The molecule has 2 rings (SSSR count). The van der Waals surface area contributed by atoms with E-state index in [-0.39, 0.29) is 0 Å². The number of hydrogen-bond acceptors (Lipinski definition) is 2. The molecule has 0 saturated heterocycles. The van der Waals surface area contributed by atoms with Gasteiger partial charge >= 0.3 is 0 Å². The monoisotopic (exact) mass is 218 g/mol. The third kappa shape index (κ3) is 2.22. The van der Waals surface area contributed by atoms with Crippen molar-refractivity contribution in [2.75, 3.05) is 25.5 Å². The lowest BCUT2D eigenvalue weighted by molar-refractivity contribution is 0.203. The van der Waals surface area contributed by atoms with Crippen molar-refractivity contribution in [3.8, 4) is 0 Å². The molecule has 1 heterocycles. The van der Waals surface area contributed by atoms with E-state index in [9.17, 15) is 0 Å². The summed E-state index contributed by atoms with van der Waals surface area (Å²) in [5.41, 5.74) is 4.35. The number of nitrogens with zero attached hydrogens (tertiary/aromatic N) is 2. The summed E-state index contributed by atoms with van der Waals surface area (Å²) in [6, 6.07) is 7.51. The molecule has 0 aliphatic carbocycles. The van der Waals surface area contributed by atoms with Crippen molar-refractivity contribution < 1.29 is 0 Å². The van der Waals surface area contributed by atoms with E-state index in [4.69, 9.17) is 0 Å². The van der Waals surface area contributed by atoms with Crippen LogP contribution in [0.3, 0.4) is 0 Å². The van der Waals surface area contributed by atoms with Crippen LogP contribution in [-0.2, 0) is 13.0 Å². The second kappa shape index (κ2) is 4.46. The van der Waals surface area contributed by atoms with E-state index in [2.05, 4.69) is 55.9 Å². The Kier molecular flexibility index (Phi) is 3.20. The fourth-order valence-corrected chi connectivity index (χ4v) is 2.28. The lowest BCUT2D eigenvalue weighted by atomic mass is 9.98. The summed E-state index contributed by atoms with van der Waals surface area (Å²) in [5.74, 6) is 0.